The molecule has 0 aliphatic heterocycles. The predicted molar refractivity (Wildman–Crippen MR) is 85.7 cm³/mol. The normalized spacial score (nSPS) is 13.6. The summed E-state index contributed by atoms with van der Waals surface area (Å²) in [6.07, 6.45) is 0.618. The Kier molecular flexibility index (Phi) is 5.81. The lowest BCUT2D eigenvalue weighted by molar-refractivity contribution is -0.134. The lowest BCUT2D eigenvalue weighted by Gasteiger charge is -2.24. The lowest BCUT2D eigenvalue weighted by atomic mass is 10.0. The third kappa shape index (κ3) is 4.59. The van der Waals surface area contributed by atoms with Crippen molar-refractivity contribution in [2.24, 2.45) is 0 Å². The third-order valence-corrected chi connectivity index (χ3v) is 3.77. The number of aromatic nitrogens is 4. The van der Waals surface area contributed by atoms with E-state index in [1.165, 1.54) is 0 Å². The Morgan fingerprint density at radius 3 is 2.61 bits per heavy atom. The maximum Gasteiger partial charge on any atom is 0.247 e. The molecule has 0 saturated heterocycles. The van der Waals surface area contributed by atoms with Crippen molar-refractivity contribution >= 4 is 5.91 Å². The standard InChI is InChI=1S/C16H23N5O2/c1-12(22)9-10-20(3)16(23)15(21-13(2)17-18-19-21)11-14-7-5-4-6-8-14/h4-8,12,15,22H,9-11H2,1-3H3. The van der Waals surface area contributed by atoms with Crippen molar-refractivity contribution in [2.45, 2.75) is 38.8 Å². The summed E-state index contributed by atoms with van der Waals surface area (Å²) in [6.45, 7) is 3.98. The van der Waals surface area contributed by atoms with E-state index in [1.54, 1.807) is 30.5 Å². The van der Waals surface area contributed by atoms with Gasteiger partial charge in [-0.3, -0.25) is 4.79 Å². The highest BCUT2D eigenvalue weighted by Gasteiger charge is 2.27. The first-order chi connectivity index (χ1) is 11.0. The molecule has 0 aliphatic rings. The molecular formula is C16H23N5O2. The van der Waals surface area contributed by atoms with E-state index in [0.717, 1.165) is 5.56 Å². The van der Waals surface area contributed by atoms with E-state index < -0.39 is 12.1 Å². The smallest absolute Gasteiger partial charge is 0.247 e. The molecule has 23 heavy (non-hydrogen) atoms. The van der Waals surface area contributed by atoms with Gasteiger partial charge in [-0.15, -0.1) is 5.10 Å². The molecule has 0 aliphatic carbocycles. The van der Waals surface area contributed by atoms with Gasteiger partial charge < -0.3 is 10.0 Å². The Morgan fingerprint density at radius 2 is 2.04 bits per heavy atom. The van der Waals surface area contributed by atoms with E-state index in [-0.39, 0.29) is 5.91 Å². The second-order valence-corrected chi connectivity index (χ2v) is 5.77. The molecule has 1 aromatic carbocycles. The average Bonchev–Trinajstić information content (AvgIpc) is 2.96. The molecule has 2 rings (SSSR count). The van der Waals surface area contributed by atoms with E-state index in [1.807, 2.05) is 30.3 Å². The lowest BCUT2D eigenvalue weighted by Crippen LogP contribution is -2.37. The zero-order valence-corrected chi connectivity index (χ0v) is 13.8. The maximum absolute atomic E-state index is 12.8. The number of carbonyl (C=O) groups is 1. The summed E-state index contributed by atoms with van der Waals surface area (Å²) in [6, 6.07) is 9.30. The summed E-state index contributed by atoms with van der Waals surface area (Å²) in [5.41, 5.74) is 1.05. The van der Waals surface area contributed by atoms with Crippen LogP contribution in [0.2, 0.25) is 0 Å². The molecule has 2 aromatic rings. The second kappa shape index (κ2) is 7.82. The number of benzene rings is 1. The molecule has 2 unspecified atom stereocenters. The minimum Gasteiger partial charge on any atom is -0.393 e. The van der Waals surface area contributed by atoms with Crippen molar-refractivity contribution < 1.29 is 9.90 Å². The van der Waals surface area contributed by atoms with E-state index >= 15 is 0 Å². The number of rotatable bonds is 7. The fourth-order valence-corrected chi connectivity index (χ4v) is 2.39. The van der Waals surface area contributed by atoms with Crippen LogP contribution in [0.5, 0.6) is 0 Å². The Bertz CT molecular complexity index is 626. The molecule has 0 fully saturated rings. The zero-order chi connectivity index (χ0) is 16.8. The Balaban J connectivity index is 2.19. The molecule has 7 heteroatoms. The average molecular weight is 317 g/mol. The van der Waals surface area contributed by atoms with Crippen LogP contribution in [0.4, 0.5) is 0 Å². The van der Waals surface area contributed by atoms with Crippen LogP contribution in [0.25, 0.3) is 0 Å². The SMILES string of the molecule is Cc1nnnn1C(Cc1ccccc1)C(=O)N(C)CCC(C)O. The van der Waals surface area contributed by atoms with Crippen molar-refractivity contribution in [3.8, 4) is 0 Å². The first kappa shape index (κ1) is 17.1. The van der Waals surface area contributed by atoms with Gasteiger partial charge in [0.25, 0.3) is 0 Å². The number of aliphatic hydroxyl groups excluding tert-OH is 1. The van der Waals surface area contributed by atoms with Gasteiger partial charge >= 0.3 is 0 Å². The summed E-state index contributed by atoms with van der Waals surface area (Å²) >= 11 is 0. The van der Waals surface area contributed by atoms with E-state index in [9.17, 15) is 9.90 Å². The number of tetrazole rings is 1. The Labute approximate surface area is 135 Å². The van der Waals surface area contributed by atoms with Crippen molar-refractivity contribution in [1.29, 1.82) is 0 Å². The van der Waals surface area contributed by atoms with Crippen LogP contribution < -0.4 is 0 Å². The van der Waals surface area contributed by atoms with E-state index in [4.69, 9.17) is 0 Å². The third-order valence-electron chi connectivity index (χ3n) is 3.77. The molecule has 1 N–H and O–H groups in total. The topological polar surface area (TPSA) is 84.1 Å². The highest BCUT2D eigenvalue weighted by Crippen LogP contribution is 2.17. The molecule has 1 heterocycles. The van der Waals surface area contributed by atoms with Gasteiger partial charge in [0.1, 0.15) is 11.9 Å². The van der Waals surface area contributed by atoms with Crippen molar-refractivity contribution in [3.63, 3.8) is 0 Å². The Hall–Kier alpha value is -2.28. The minimum absolute atomic E-state index is 0.0649. The summed E-state index contributed by atoms with van der Waals surface area (Å²) < 4.78 is 1.56. The number of hydrogen-bond donors (Lipinski definition) is 1. The van der Waals surface area contributed by atoms with Crippen molar-refractivity contribution in [3.05, 3.63) is 41.7 Å². The summed E-state index contributed by atoms with van der Waals surface area (Å²) in [5.74, 6) is 0.535. The van der Waals surface area contributed by atoms with Gasteiger partial charge in [-0.1, -0.05) is 30.3 Å². The Morgan fingerprint density at radius 1 is 1.35 bits per heavy atom. The number of aryl methyl sites for hydroxylation is 1. The van der Waals surface area contributed by atoms with Crippen LogP contribution in [-0.4, -0.2) is 55.8 Å². The first-order valence-corrected chi connectivity index (χ1v) is 7.70. The quantitative estimate of drug-likeness (QED) is 0.823. The van der Waals surface area contributed by atoms with E-state index in [0.29, 0.717) is 25.2 Å². The fourth-order valence-electron chi connectivity index (χ4n) is 2.39. The van der Waals surface area contributed by atoms with Crippen LogP contribution in [0.3, 0.4) is 0 Å². The molecule has 7 nitrogen and oxygen atoms in total. The van der Waals surface area contributed by atoms with Crippen LogP contribution in [0, 0.1) is 6.92 Å². The number of hydrogen-bond acceptors (Lipinski definition) is 5. The van der Waals surface area contributed by atoms with Gasteiger partial charge in [0.05, 0.1) is 6.10 Å². The summed E-state index contributed by atoms with van der Waals surface area (Å²) in [7, 11) is 1.74. The number of likely N-dealkylation sites (N-methyl/N-ethyl adjacent to an activating group) is 1. The van der Waals surface area contributed by atoms with Gasteiger partial charge in [0, 0.05) is 20.0 Å². The molecule has 124 valence electrons. The number of nitrogens with zero attached hydrogens (tertiary/aromatic N) is 5. The molecule has 1 aromatic heterocycles. The van der Waals surface area contributed by atoms with Crippen molar-refractivity contribution in [1.82, 2.24) is 25.1 Å². The summed E-state index contributed by atoms with van der Waals surface area (Å²) in [5, 5.41) is 20.9. The fraction of sp³-hybridized carbons (Fsp3) is 0.500. The van der Waals surface area contributed by atoms with Gasteiger partial charge in [0.2, 0.25) is 5.91 Å². The van der Waals surface area contributed by atoms with Crippen LogP contribution in [0.15, 0.2) is 30.3 Å². The molecule has 1 amide bonds. The predicted octanol–water partition coefficient (Wildman–Crippen LogP) is 0.995. The van der Waals surface area contributed by atoms with Gasteiger partial charge in [-0.05, 0) is 36.3 Å². The van der Waals surface area contributed by atoms with Crippen LogP contribution >= 0.6 is 0 Å². The molecular weight excluding hydrogens is 294 g/mol. The number of aliphatic hydroxyl groups is 1. The molecule has 2 atom stereocenters. The first-order valence-electron chi connectivity index (χ1n) is 7.70. The van der Waals surface area contributed by atoms with Gasteiger partial charge in [0.15, 0.2) is 0 Å². The molecule has 0 bridgehead atoms. The highest BCUT2D eigenvalue weighted by atomic mass is 16.3. The summed E-state index contributed by atoms with van der Waals surface area (Å²) in [4.78, 5) is 14.5. The number of amides is 1. The molecule has 0 spiro atoms. The zero-order valence-electron chi connectivity index (χ0n) is 13.8. The van der Waals surface area contributed by atoms with Crippen molar-refractivity contribution in [2.75, 3.05) is 13.6 Å². The van der Waals surface area contributed by atoms with Crippen LogP contribution in [-0.2, 0) is 11.2 Å². The van der Waals surface area contributed by atoms with Crippen LogP contribution in [0.1, 0.15) is 30.8 Å². The molecule has 0 saturated carbocycles. The molecule has 0 radical (unpaired) electrons. The largest absolute Gasteiger partial charge is 0.393 e. The monoisotopic (exact) mass is 317 g/mol. The van der Waals surface area contributed by atoms with Gasteiger partial charge in [-0.2, -0.15) is 0 Å². The van der Waals surface area contributed by atoms with Gasteiger partial charge in [-0.25, -0.2) is 4.68 Å². The highest BCUT2D eigenvalue weighted by molar-refractivity contribution is 5.80. The minimum atomic E-state index is -0.494. The second-order valence-electron chi connectivity index (χ2n) is 5.77. The van der Waals surface area contributed by atoms with E-state index in [2.05, 4.69) is 15.5 Å². The maximum atomic E-state index is 12.8. The number of carbonyl (C=O) groups excluding carboxylic acids is 1.